The first-order valence-electron chi connectivity index (χ1n) is 10.9. The van der Waals surface area contributed by atoms with E-state index in [0.29, 0.717) is 30.1 Å². The van der Waals surface area contributed by atoms with Gasteiger partial charge in [0, 0.05) is 32.4 Å². The van der Waals surface area contributed by atoms with Gasteiger partial charge in [-0.3, -0.25) is 14.0 Å². The van der Waals surface area contributed by atoms with Gasteiger partial charge < -0.3 is 9.80 Å². The maximum absolute atomic E-state index is 13.3. The predicted molar refractivity (Wildman–Crippen MR) is 116 cm³/mol. The lowest BCUT2D eigenvalue weighted by molar-refractivity contribution is -0.127. The lowest BCUT2D eigenvalue weighted by Crippen LogP contribution is -2.36. The molecule has 0 aromatic carbocycles. The third kappa shape index (κ3) is 4.09. The third-order valence-corrected chi connectivity index (χ3v) is 5.94. The molecule has 4 rings (SSSR count). The Balaban J connectivity index is 1.82. The fourth-order valence-electron chi connectivity index (χ4n) is 4.29. The second-order valence-electron chi connectivity index (χ2n) is 8.01. The van der Waals surface area contributed by atoms with Crippen LogP contribution in [0.15, 0.2) is 34.8 Å². The smallest absolute Gasteiger partial charge is 0.267 e. The molecule has 0 atom stereocenters. The Bertz CT molecular complexity index is 1050. The van der Waals surface area contributed by atoms with Crippen molar-refractivity contribution in [2.45, 2.75) is 44.9 Å². The average molecular weight is 406 g/mol. The second-order valence-corrected chi connectivity index (χ2v) is 8.01. The zero-order valence-electron chi connectivity index (χ0n) is 17.2. The molecule has 2 aromatic rings. The molecule has 7 heteroatoms. The van der Waals surface area contributed by atoms with Crippen LogP contribution in [0.25, 0.3) is 11.7 Å². The summed E-state index contributed by atoms with van der Waals surface area (Å²) in [5, 5.41) is 9.73. The van der Waals surface area contributed by atoms with Crippen LogP contribution >= 0.6 is 0 Å². The summed E-state index contributed by atoms with van der Waals surface area (Å²) in [6.45, 7) is 2.95. The number of pyridine rings is 1. The summed E-state index contributed by atoms with van der Waals surface area (Å²) in [5.74, 6) is 0.281. The largest absolute Gasteiger partial charge is 0.356 e. The van der Waals surface area contributed by atoms with Crippen molar-refractivity contribution < 1.29 is 4.79 Å². The molecule has 0 spiro atoms. The highest BCUT2D eigenvalue weighted by atomic mass is 16.2. The van der Waals surface area contributed by atoms with Crippen LogP contribution in [0.3, 0.4) is 0 Å². The van der Waals surface area contributed by atoms with Crippen LogP contribution in [0.2, 0.25) is 0 Å². The Morgan fingerprint density at radius 2 is 1.67 bits per heavy atom. The number of amides is 1. The Kier molecular flexibility index (Phi) is 6.12. The van der Waals surface area contributed by atoms with Gasteiger partial charge in [0.05, 0.1) is 5.56 Å². The number of nitrogens with zero attached hydrogens (tertiary/aromatic N) is 5. The van der Waals surface area contributed by atoms with Gasteiger partial charge in [-0.15, -0.1) is 0 Å². The molecule has 7 nitrogen and oxygen atoms in total. The summed E-state index contributed by atoms with van der Waals surface area (Å²) in [4.78, 5) is 34.9. The summed E-state index contributed by atoms with van der Waals surface area (Å²) in [5.41, 5.74) is 0.643. The van der Waals surface area contributed by atoms with Gasteiger partial charge in [0.1, 0.15) is 23.1 Å². The van der Waals surface area contributed by atoms with E-state index in [0.717, 1.165) is 58.0 Å². The minimum atomic E-state index is -0.295. The Hall–Kier alpha value is -3.14. The molecule has 2 aliphatic heterocycles. The molecular weight excluding hydrogens is 378 g/mol. The van der Waals surface area contributed by atoms with Gasteiger partial charge in [0.2, 0.25) is 0 Å². The fraction of sp³-hybridized carbons (Fsp3) is 0.478. The van der Waals surface area contributed by atoms with E-state index in [9.17, 15) is 14.9 Å². The minimum absolute atomic E-state index is 0.00255. The Morgan fingerprint density at radius 1 is 1.00 bits per heavy atom. The highest BCUT2D eigenvalue weighted by Crippen LogP contribution is 2.23. The highest BCUT2D eigenvalue weighted by Gasteiger charge is 2.23. The van der Waals surface area contributed by atoms with E-state index in [2.05, 4.69) is 4.90 Å². The van der Waals surface area contributed by atoms with E-state index in [1.165, 1.54) is 10.5 Å². The molecule has 0 bridgehead atoms. The van der Waals surface area contributed by atoms with Gasteiger partial charge in [0.25, 0.3) is 11.5 Å². The predicted octanol–water partition coefficient (Wildman–Crippen LogP) is 2.99. The number of piperidine rings is 1. The molecule has 0 unspecified atom stereocenters. The SMILES string of the molecule is N#CC(=Cc1c(N2CCCCCC2)nc2ccccn2c1=O)C(=O)N1CCCCC1. The average Bonchev–Trinajstić information content (AvgIpc) is 3.08. The van der Waals surface area contributed by atoms with Crippen molar-refractivity contribution in [1.29, 1.82) is 5.26 Å². The van der Waals surface area contributed by atoms with E-state index >= 15 is 0 Å². The monoisotopic (exact) mass is 405 g/mol. The molecule has 30 heavy (non-hydrogen) atoms. The quantitative estimate of drug-likeness (QED) is 0.579. The number of nitriles is 1. The molecule has 2 saturated heterocycles. The number of rotatable bonds is 3. The van der Waals surface area contributed by atoms with Crippen LogP contribution in [-0.2, 0) is 4.79 Å². The third-order valence-electron chi connectivity index (χ3n) is 5.94. The summed E-state index contributed by atoms with van der Waals surface area (Å²) in [7, 11) is 0. The van der Waals surface area contributed by atoms with Crippen molar-refractivity contribution in [2.24, 2.45) is 0 Å². The van der Waals surface area contributed by atoms with Gasteiger partial charge in [0.15, 0.2) is 0 Å². The van der Waals surface area contributed by atoms with Crippen LogP contribution in [0.4, 0.5) is 5.82 Å². The van der Waals surface area contributed by atoms with E-state index in [4.69, 9.17) is 4.98 Å². The number of fused-ring (bicyclic) bond motifs is 1. The summed E-state index contributed by atoms with van der Waals surface area (Å²) in [6, 6.07) is 7.48. The molecule has 4 heterocycles. The van der Waals surface area contributed by atoms with Crippen LogP contribution in [0, 0.1) is 11.3 Å². The molecule has 0 radical (unpaired) electrons. The lowest BCUT2D eigenvalue weighted by Gasteiger charge is -2.26. The van der Waals surface area contributed by atoms with Crippen LogP contribution < -0.4 is 10.5 Å². The standard InChI is InChI=1S/C23H27N5O2/c24-17-18(22(29)27-13-7-3-8-14-27)16-19-21(26-11-5-1-2-6-12-26)25-20-10-4-9-15-28(20)23(19)30/h4,9-10,15-16H,1-3,5-8,11-14H2. The second kappa shape index (κ2) is 9.12. The van der Waals surface area contributed by atoms with E-state index in [-0.39, 0.29) is 17.0 Å². The van der Waals surface area contributed by atoms with Crippen LogP contribution in [0.1, 0.15) is 50.5 Å². The molecule has 0 N–H and O–H groups in total. The molecule has 156 valence electrons. The maximum atomic E-state index is 13.3. The number of carbonyl (C=O) groups is 1. The van der Waals surface area contributed by atoms with Crippen molar-refractivity contribution in [3.8, 4) is 6.07 Å². The van der Waals surface area contributed by atoms with Gasteiger partial charge >= 0.3 is 0 Å². The number of aromatic nitrogens is 2. The maximum Gasteiger partial charge on any atom is 0.267 e. The first-order valence-corrected chi connectivity index (χ1v) is 10.9. The number of likely N-dealkylation sites (tertiary alicyclic amines) is 1. The van der Waals surface area contributed by atoms with E-state index < -0.39 is 0 Å². The van der Waals surface area contributed by atoms with Crippen molar-refractivity contribution in [3.63, 3.8) is 0 Å². The molecule has 2 aromatic heterocycles. The Labute approximate surface area is 176 Å². The zero-order valence-corrected chi connectivity index (χ0v) is 17.2. The van der Waals surface area contributed by atoms with E-state index in [1.807, 2.05) is 12.1 Å². The fourth-order valence-corrected chi connectivity index (χ4v) is 4.29. The summed E-state index contributed by atoms with van der Waals surface area (Å²) in [6.07, 6.45) is 10.5. The summed E-state index contributed by atoms with van der Waals surface area (Å²) >= 11 is 0. The first-order chi connectivity index (χ1) is 14.7. The van der Waals surface area contributed by atoms with Gasteiger partial charge in [-0.05, 0) is 50.3 Å². The van der Waals surface area contributed by atoms with Gasteiger partial charge in [-0.1, -0.05) is 18.9 Å². The van der Waals surface area contributed by atoms with Crippen LogP contribution in [0.5, 0.6) is 0 Å². The van der Waals surface area contributed by atoms with Gasteiger partial charge in [-0.25, -0.2) is 4.98 Å². The van der Waals surface area contributed by atoms with Crippen molar-refractivity contribution in [3.05, 3.63) is 45.9 Å². The minimum Gasteiger partial charge on any atom is -0.356 e. The molecule has 2 aliphatic rings. The molecule has 0 saturated carbocycles. The zero-order chi connectivity index (χ0) is 20.9. The first kappa shape index (κ1) is 20.1. The van der Waals surface area contributed by atoms with Crippen molar-refractivity contribution >= 4 is 23.4 Å². The normalized spacial score (nSPS) is 18.2. The van der Waals surface area contributed by atoms with Gasteiger partial charge in [-0.2, -0.15) is 5.26 Å². The molecule has 1 amide bonds. The van der Waals surface area contributed by atoms with Crippen molar-refractivity contribution in [2.75, 3.05) is 31.1 Å². The number of hydrogen-bond donors (Lipinski definition) is 0. The number of anilines is 1. The van der Waals surface area contributed by atoms with Crippen LogP contribution in [-0.4, -0.2) is 46.4 Å². The summed E-state index contributed by atoms with van der Waals surface area (Å²) < 4.78 is 1.48. The lowest BCUT2D eigenvalue weighted by atomic mass is 10.1. The van der Waals surface area contributed by atoms with Crippen molar-refractivity contribution in [1.82, 2.24) is 14.3 Å². The number of hydrogen-bond acceptors (Lipinski definition) is 5. The van der Waals surface area contributed by atoms with E-state index in [1.54, 1.807) is 23.2 Å². The molecular formula is C23H27N5O2. The highest BCUT2D eigenvalue weighted by molar-refractivity contribution is 6.02. The Morgan fingerprint density at radius 3 is 2.37 bits per heavy atom. The molecule has 2 fully saturated rings. The topological polar surface area (TPSA) is 81.7 Å². The molecule has 0 aliphatic carbocycles. The number of carbonyl (C=O) groups excluding carboxylic acids is 1.